The Balaban J connectivity index is 0.000000141. The first kappa shape index (κ1) is 75.5. The fourth-order valence-electron chi connectivity index (χ4n) is 11.6. The Kier molecular flexibility index (Phi) is 25.6. The van der Waals surface area contributed by atoms with Crippen molar-refractivity contribution < 1.29 is 30.3 Å². The molecule has 0 spiro atoms. The molecule has 10 aromatic carbocycles. The Bertz CT molecular complexity index is 5140. The highest BCUT2D eigenvalue weighted by atomic mass is 27.2. The number of hydrogen-bond donors (Lipinski definition) is 0. The third kappa shape index (κ3) is 20.4. The summed E-state index contributed by atoms with van der Waals surface area (Å²) in [6.45, 7) is 29.5. The van der Waals surface area contributed by atoms with Crippen LogP contribution in [0.5, 0.6) is 46.0 Å². The lowest BCUT2D eigenvalue weighted by molar-refractivity contribution is 0.456. The van der Waals surface area contributed by atoms with Crippen molar-refractivity contribution in [2.45, 2.75) is 108 Å². The fraction of sp³-hybridized carbons (Fsp3) is 0.182. The molecule has 0 aliphatic carbocycles. The number of aryl methyl sites for hydroxylation is 8. The summed E-state index contributed by atoms with van der Waals surface area (Å²) in [5.74, 6) is 6.57. The first-order valence-electron chi connectivity index (χ1n) is 34.7. The summed E-state index contributed by atoms with van der Waals surface area (Å²) in [5, 5.41) is 4.29. The van der Waals surface area contributed by atoms with Gasteiger partial charge in [-0.1, -0.05) is 224 Å². The monoisotopic (exact) mass is 1430 g/mol. The van der Waals surface area contributed by atoms with E-state index in [4.69, 9.17) is 30.3 Å². The minimum absolute atomic E-state index is 0.0621. The van der Waals surface area contributed by atoms with Gasteiger partial charge in [0.25, 0.3) is 0 Å². The zero-order valence-electron chi connectivity index (χ0n) is 61.6. The number of rotatable bonds is 18. The number of para-hydroxylation sites is 6. The van der Waals surface area contributed by atoms with E-state index in [0.717, 1.165) is 146 Å². The van der Waals surface area contributed by atoms with Gasteiger partial charge >= 0.3 is 63.5 Å². The van der Waals surface area contributed by atoms with Gasteiger partial charge in [0.1, 0.15) is 45.1 Å². The van der Waals surface area contributed by atoms with Crippen LogP contribution < -0.4 is 30.3 Å². The van der Waals surface area contributed by atoms with Gasteiger partial charge in [0.05, 0.1) is 23.0 Å². The second-order valence-corrected chi connectivity index (χ2v) is 30.3. The zero-order valence-corrected chi connectivity index (χ0v) is 66.2. The quantitative estimate of drug-likeness (QED) is 0.0759. The van der Waals surface area contributed by atoms with Crippen LogP contribution in [0, 0.1) is 55.4 Å². The maximum Gasteiger partial charge on any atom is 0.881 e. The molecule has 12 nitrogen and oxygen atoms in total. The van der Waals surface area contributed by atoms with Crippen molar-refractivity contribution in [1.29, 1.82) is 0 Å². The molecule has 0 saturated heterocycles. The molecule has 16 heteroatoms. The van der Waals surface area contributed by atoms with Crippen molar-refractivity contribution in [3.05, 3.63) is 311 Å². The highest BCUT2D eigenvalue weighted by Crippen LogP contribution is 2.40. The van der Waals surface area contributed by atoms with E-state index in [1.54, 1.807) is 0 Å². The molecule has 0 aliphatic rings. The van der Waals surface area contributed by atoms with Gasteiger partial charge in [0.15, 0.2) is 0 Å². The van der Waals surface area contributed by atoms with E-state index >= 15 is 0 Å². The van der Waals surface area contributed by atoms with Gasteiger partial charge in [-0.15, -0.1) is 0 Å². The Morgan fingerprint density at radius 1 is 0.260 bits per heavy atom. The van der Waals surface area contributed by atoms with E-state index in [9.17, 15) is 0 Å². The Hall–Kier alpha value is -9.63. The number of benzene rings is 10. The Morgan fingerprint density at radius 2 is 0.567 bits per heavy atom. The van der Waals surface area contributed by atoms with E-state index in [-0.39, 0.29) is 10.8 Å². The molecule has 0 bridgehead atoms. The van der Waals surface area contributed by atoms with E-state index in [0.29, 0.717) is 0 Å². The molecule has 0 amide bonds. The van der Waals surface area contributed by atoms with Gasteiger partial charge in [-0.2, -0.15) is 0 Å². The topological polar surface area (TPSA) is 125 Å². The first-order valence-corrected chi connectivity index (χ1v) is 38.5. The van der Waals surface area contributed by atoms with Gasteiger partial charge in [0, 0.05) is 55.4 Å². The molecular weight excluding hydrogens is 1350 g/mol. The third-order valence-corrected chi connectivity index (χ3v) is 19.9. The lowest BCUT2D eigenvalue weighted by Crippen LogP contribution is -2.18. The second kappa shape index (κ2) is 35.2. The summed E-state index contributed by atoms with van der Waals surface area (Å²) < 4.78 is 48.1. The Morgan fingerprint density at radius 3 is 0.913 bits per heavy atom. The highest BCUT2D eigenvalue weighted by Gasteiger charge is 2.23. The first-order chi connectivity index (χ1) is 50.1. The van der Waals surface area contributed by atoms with Crippen molar-refractivity contribution in [2.75, 3.05) is 0 Å². The molecule has 516 valence electrons. The molecule has 0 atom stereocenters. The molecule has 104 heavy (non-hydrogen) atoms. The van der Waals surface area contributed by atoms with Gasteiger partial charge in [-0.3, -0.25) is 0 Å². The summed E-state index contributed by atoms with van der Waals surface area (Å²) >= 11 is -2.75. The number of nitrogens with zero attached hydrogens (tertiary/aromatic N) is 4. The minimum Gasteiger partial charge on any atom is -0.616 e. The average Bonchev–Trinajstić information content (AvgIpc) is 0.797. The average molecular weight is 1430 g/mol. The molecule has 14 rings (SSSR count). The lowest BCUT2D eigenvalue weighted by Gasteiger charge is -2.26. The predicted octanol–water partition coefficient (Wildman–Crippen LogP) is 21.3. The summed E-state index contributed by atoms with van der Waals surface area (Å²) in [7, 11) is 0. The molecule has 0 aliphatic heterocycles. The second-order valence-electron chi connectivity index (χ2n) is 27.7. The smallest absolute Gasteiger partial charge is 0.616 e. The molecule has 0 unspecified atom stereocenters. The van der Waals surface area contributed by atoms with Crippen molar-refractivity contribution in [2.24, 2.45) is 0 Å². The van der Waals surface area contributed by atoms with Crippen molar-refractivity contribution in [1.82, 2.24) is 19.9 Å². The fourth-order valence-corrected chi connectivity index (χ4v) is 14.3. The minimum atomic E-state index is -0.794. The maximum absolute atomic E-state index is 6.39. The number of pyridine rings is 4. The van der Waals surface area contributed by atoms with E-state index in [1.807, 2.05) is 205 Å². The van der Waals surface area contributed by atoms with Crippen molar-refractivity contribution >= 4 is 107 Å². The van der Waals surface area contributed by atoms with Crippen LogP contribution in [0.2, 0.25) is 0 Å². The van der Waals surface area contributed by atoms with Gasteiger partial charge in [-0.05, 0) is 184 Å². The maximum atomic E-state index is 6.39. The van der Waals surface area contributed by atoms with Crippen molar-refractivity contribution in [3.63, 3.8) is 0 Å². The van der Waals surface area contributed by atoms with Crippen LogP contribution in [0.4, 0.5) is 0 Å². The molecule has 0 fully saturated rings. The van der Waals surface area contributed by atoms with E-state index in [2.05, 4.69) is 166 Å². The van der Waals surface area contributed by atoms with E-state index < -0.39 is 63.5 Å². The van der Waals surface area contributed by atoms with Crippen LogP contribution in [0.3, 0.4) is 0 Å². The summed E-state index contributed by atoms with van der Waals surface area (Å²) in [6, 6.07) is 85.9. The van der Waals surface area contributed by atoms with Crippen LogP contribution >= 0.6 is 0 Å². The molecule has 14 aromatic rings. The van der Waals surface area contributed by atoms with Gasteiger partial charge < -0.3 is 30.3 Å². The molecule has 0 saturated carbocycles. The van der Waals surface area contributed by atoms with Crippen LogP contribution in [-0.4, -0.2) is 83.5 Å². The van der Waals surface area contributed by atoms with Crippen LogP contribution in [-0.2, 0) is 10.8 Å². The number of fused-ring (bicyclic) bond motifs is 4. The predicted molar refractivity (Wildman–Crippen MR) is 427 cm³/mol. The molecule has 4 radical (unpaired) electrons. The molecular formula is C88H84Al4N4O8. The summed E-state index contributed by atoms with van der Waals surface area (Å²) in [4.78, 5) is 18.4. The van der Waals surface area contributed by atoms with Crippen LogP contribution in [0.15, 0.2) is 255 Å². The molecule has 4 aromatic heterocycles. The summed E-state index contributed by atoms with van der Waals surface area (Å²) in [5.41, 5.74) is 19.1. The van der Waals surface area contributed by atoms with Gasteiger partial charge in [0.2, 0.25) is 0 Å². The molecule has 4 heterocycles. The molecule has 0 N–H and O–H groups in total. The highest BCUT2D eigenvalue weighted by molar-refractivity contribution is 6.23. The van der Waals surface area contributed by atoms with E-state index in [1.165, 1.54) is 22.3 Å². The standard InChI is InChI=1S/C18H14O.C14H22O.4C10H9NO.2C8H10O.4Al/c19-18-16(14-8-3-1-4-9-14)12-7-13-17(18)15-10-5-2-6-11-15;1-13(2,3)10-7-11(14(4,5)6)9-12(15)8-10;4*1-7-5-6-8-3-2-4-9(12)10(8)11-7;1-6-3-7(2)5-8(9)4-6;1-6-4-3-5-7(2)8(6)9;;;;/h1-13,19H;7-9,15H,1-6H3;4*2-6,12H,1H3;2*3-5,9H,1-2H3;;;;/q;;;;;;;;4*+2/p-8. The number of aromatic nitrogens is 4. The third-order valence-electron chi connectivity index (χ3n) is 17.1. The van der Waals surface area contributed by atoms with Crippen molar-refractivity contribution in [3.8, 4) is 68.2 Å². The number of hydrogen-bond acceptors (Lipinski definition) is 12. The largest absolute Gasteiger partial charge is 0.881 e. The normalized spacial score (nSPS) is 11.0. The van der Waals surface area contributed by atoms with Crippen LogP contribution in [0.25, 0.3) is 65.9 Å². The van der Waals surface area contributed by atoms with Crippen LogP contribution in [0.1, 0.15) is 97.7 Å². The Labute approximate surface area is 639 Å². The summed E-state index contributed by atoms with van der Waals surface area (Å²) in [6.07, 6.45) is 0. The van der Waals surface area contributed by atoms with Gasteiger partial charge in [-0.25, -0.2) is 19.9 Å². The zero-order chi connectivity index (χ0) is 73.3. The lowest BCUT2D eigenvalue weighted by atomic mass is 9.80. The SMILES string of the molecule is Cc1cc(C)cc([O][Al][O]c2cccc3ccc(C)nc23)c1.Cc1ccc2cccc([O][Al][O]c3c(-c4ccccc4)cccc3-c3ccccc3)c2n1.Cc1ccc2cccc([O][Al][O]c3c(C)cccc3C)c2n1.Cc1ccc2cccc([O][Al][O]c3cc(C(C)(C)C)cc(C(C)(C)C)c3)c2n1.